The van der Waals surface area contributed by atoms with Crippen LogP contribution in [-0.4, -0.2) is 50.7 Å². The number of nitrogens with one attached hydrogen (secondary N) is 1. The molecule has 0 saturated heterocycles. The van der Waals surface area contributed by atoms with E-state index in [1.807, 2.05) is 0 Å². The fraction of sp³-hybridized carbons (Fsp3) is 0.700. The van der Waals surface area contributed by atoms with Gasteiger partial charge in [-0.1, -0.05) is 30.3 Å². The Morgan fingerprint density at radius 1 is 0.917 bits per heavy atom. The van der Waals surface area contributed by atoms with Crippen LogP contribution in [0.5, 0.6) is 0 Å². The Morgan fingerprint density at radius 2 is 1.71 bits per heavy atom. The Hall–Kier alpha value is -0.940. The van der Waals surface area contributed by atoms with Crippen LogP contribution in [-0.2, 0) is 9.47 Å². The molecule has 0 spiro atoms. The van der Waals surface area contributed by atoms with Gasteiger partial charge in [0.1, 0.15) is 0 Å². The van der Waals surface area contributed by atoms with Crippen molar-refractivity contribution in [3.05, 3.63) is 35.9 Å². The van der Waals surface area contributed by atoms with E-state index < -0.39 is 0 Å². The first kappa shape index (κ1) is 17.9. The first-order valence-corrected chi connectivity index (χ1v) is 9.43. The van der Waals surface area contributed by atoms with Crippen molar-refractivity contribution in [1.82, 2.24) is 5.32 Å². The average Bonchev–Trinajstić information content (AvgIpc) is 3.21. The number of fused-ring (bicyclic) bond motifs is 2. The quantitative estimate of drug-likeness (QED) is 0.611. The highest BCUT2D eigenvalue weighted by Crippen LogP contribution is 2.52. The fourth-order valence-corrected chi connectivity index (χ4v) is 4.48. The second kappa shape index (κ2) is 9.52. The maximum Gasteiger partial charge on any atom is 0.0701 e. The molecule has 0 amide bonds. The van der Waals surface area contributed by atoms with E-state index in [9.17, 15) is 0 Å². The van der Waals surface area contributed by atoms with Gasteiger partial charge in [-0.05, 0) is 55.5 Å². The van der Waals surface area contributed by atoms with Gasteiger partial charge >= 0.3 is 0 Å². The highest BCUT2D eigenvalue weighted by molar-refractivity contribution is 5.23. The third-order valence-corrected chi connectivity index (χ3v) is 5.56. The van der Waals surface area contributed by atoms with Crippen LogP contribution >= 0.6 is 0 Å². The minimum Gasteiger partial charge on any atom is -0.394 e. The van der Waals surface area contributed by atoms with Crippen molar-refractivity contribution in [2.24, 2.45) is 11.8 Å². The Bertz CT molecular complexity index is 467. The van der Waals surface area contributed by atoms with Gasteiger partial charge in [0.15, 0.2) is 0 Å². The van der Waals surface area contributed by atoms with Crippen LogP contribution in [0.15, 0.2) is 30.3 Å². The number of rotatable bonds is 11. The molecule has 2 fully saturated rings. The number of benzene rings is 1. The normalized spacial score (nSPS) is 28.5. The Kier molecular flexibility index (Phi) is 7.09. The summed E-state index contributed by atoms with van der Waals surface area (Å²) in [6, 6.07) is 11.8. The highest BCUT2D eigenvalue weighted by Gasteiger charge is 2.45. The Balaban J connectivity index is 1.26. The number of ether oxygens (including phenoxy) is 2. The van der Waals surface area contributed by atoms with Crippen molar-refractivity contribution in [3.8, 4) is 0 Å². The van der Waals surface area contributed by atoms with Crippen LogP contribution in [0.4, 0.5) is 0 Å². The summed E-state index contributed by atoms with van der Waals surface area (Å²) in [5, 5.41) is 12.3. The summed E-state index contributed by atoms with van der Waals surface area (Å²) in [4.78, 5) is 0. The summed E-state index contributed by atoms with van der Waals surface area (Å²) in [6.07, 6.45) is 5.14. The molecular formula is C20H31NO3. The number of aliphatic hydroxyl groups is 1. The maximum absolute atomic E-state index is 8.59. The molecule has 0 aromatic heterocycles. The van der Waals surface area contributed by atoms with Gasteiger partial charge in [-0.2, -0.15) is 0 Å². The van der Waals surface area contributed by atoms with E-state index in [0.29, 0.717) is 25.9 Å². The lowest BCUT2D eigenvalue weighted by molar-refractivity contribution is 0.0324. The van der Waals surface area contributed by atoms with Crippen molar-refractivity contribution in [2.45, 2.75) is 37.6 Å². The van der Waals surface area contributed by atoms with Crippen LogP contribution in [0.25, 0.3) is 0 Å². The zero-order chi connectivity index (χ0) is 16.6. The van der Waals surface area contributed by atoms with Gasteiger partial charge in [-0.3, -0.25) is 0 Å². The van der Waals surface area contributed by atoms with Crippen molar-refractivity contribution in [3.63, 3.8) is 0 Å². The van der Waals surface area contributed by atoms with E-state index in [1.165, 1.54) is 19.3 Å². The van der Waals surface area contributed by atoms with Gasteiger partial charge in [-0.25, -0.2) is 0 Å². The predicted molar refractivity (Wildman–Crippen MR) is 95.1 cm³/mol. The summed E-state index contributed by atoms with van der Waals surface area (Å²) in [7, 11) is 0. The van der Waals surface area contributed by atoms with E-state index in [-0.39, 0.29) is 6.61 Å². The molecular weight excluding hydrogens is 302 g/mol. The standard InChI is InChI=1S/C20H31NO3/c22-8-10-24-12-11-23-9-4-7-21-20-15-17-13-18(20)14-19(17)16-5-2-1-3-6-16/h1-3,5-6,17-22H,4,7-15H2/t17-,18-,19+,20?/m0/s1. The molecule has 1 unspecified atom stereocenters. The van der Waals surface area contributed by atoms with Crippen molar-refractivity contribution in [2.75, 3.05) is 39.6 Å². The lowest BCUT2D eigenvalue weighted by atomic mass is 9.81. The van der Waals surface area contributed by atoms with Crippen LogP contribution in [0.3, 0.4) is 0 Å². The summed E-state index contributed by atoms with van der Waals surface area (Å²) in [5.74, 6) is 2.51. The molecule has 4 heteroatoms. The van der Waals surface area contributed by atoms with Gasteiger partial charge in [0.05, 0.1) is 26.4 Å². The molecule has 24 heavy (non-hydrogen) atoms. The highest BCUT2D eigenvalue weighted by atomic mass is 16.5. The molecule has 4 atom stereocenters. The minimum absolute atomic E-state index is 0.0819. The van der Waals surface area contributed by atoms with Crippen LogP contribution in [0, 0.1) is 11.8 Å². The van der Waals surface area contributed by atoms with Gasteiger partial charge in [0.2, 0.25) is 0 Å². The summed E-state index contributed by atoms with van der Waals surface area (Å²) >= 11 is 0. The molecule has 4 nitrogen and oxygen atoms in total. The first-order valence-electron chi connectivity index (χ1n) is 9.43. The summed E-state index contributed by atoms with van der Waals surface area (Å²) < 4.78 is 10.7. The number of hydrogen-bond acceptors (Lipinski definition) is 4. The third kappa shape index (κ3) is 4.79. The molecule has 1 aromatic carbocycles. The van der Waals surface area contributed by atoms with Crippen LogP contribution in [0.2, 0.25) is 0 Å². The summed E-state index contributed by atoms with van der Waals surface area (Å²) in [6.45, 7) is 3.50. The molecule has 0 heterocycles. The fourth-order valence-electron chi connectivity index (χ4n) is 4.48. The van der Waals surface area contributed by atoms with Crippen LogP contribution in [0.1, 0.15) is 37.2 Å². The smallest absolute Gasteiger partial charge is 0.0701 e. The first-order chi connectivity index (χ1) is 11.9. The van der Waals surface area contributed by atoms with Gasteiger partial charge in [0, 0.05) is 12.6 Å². The summed E-state index contributed by atoms with van der Waals surface area (Å²) in [5.41, 5.74) is 1.54. The lowest BCUT2D eigenvalue weighted by Gasteiger charge is -2.29. The monoisotopic (exact) mass is 333 g/mol. The molecule has 2 aliphatic rings. The second-order valence-electron chi connectivity index (χ2n) is 7.11. The molecule has 2 saturated carbocycles. The molecule has 0 aliphatic heterocycles. The van der Waals surface area contributed by atoms with Crippen LogP contribution < -0.4 is 5.32 Å². The minimum atomic E-state index is 0.0819. The maximum atomic E-state index is 8.59. The SMILES string of the molecule is OCCOCCOCCCNC1C[C@@H]2C[C@H]1C[C@@H]2c1ccccc1. The third-order valence-electron chi connectivity index (χ3n) is 5.56. The van der Waals surface area contributed by atoms with E-state index >= 15 is 0 Å². The second-order valence-corrected chi connectivity index (χ2v) is 7.11. The zero-order valence-corrected chi connectivity index (χ0v) is 14.5. The lowest BCUT2D eigenvalue weighted by Crippen LogP contribution is -2.36. The molecule has 2 aliphatic carbocycles. The molecule has 3 rings (SSSR count). The van der Waals surface area contributed by atoms with E-state index in [1.54, 1.807) is 5.56 Å². The molecule has 1 aromatic rings. The van der Waals surface area contributed by atoms with Crippen molar-refractivity contribution < 1.29 is 14.6 Å². The zero-order valence-electron chi connectivity index (χ0n) is 14.5. The Labute approximate surface area is 145 Å². The largest absolute Gasteiger partial charge is 0.394 e. The molecule has 2 bridgehead atoms. The number of aliphatic hydroxyl groups excluding tert-OH is 1. The van der Waals surface area contributed by atoms with Crippen molar-refractivity contribution in [1.29, 1.82) is 0 Å². The average molecular weight is 333 g/mol. The molecule has 0 radical (unpaired) electrons. The number of hydrogen-bond donors (Lipinski definition) is 2. The van der Waals surface area contributed by atoms with E-state index in [4.69, 9.17) is 14.6 Å². The van der Waals surface area contributed by atoms with Gasteiger partial charge < -0.3 is 19.9 Å². The predicted octanol–water partition coefficient (Wildman–Crippen LogP) is 2.57. The van der Waals surface area contributed by atoms with Gasteiger partial charge in [-0.15, -0.1) is 0 Å². The topological polar surface area (TPSA) is 50.7 Å². The molecule has 2 N–H and O–H groups in total. The van der Waals surface area contributed by atoms with Gasteiger partial charge in [0.25, 0.3) is 0 Å². The van der Waals surface area contributed by atoms with Crippen molar-refractivity contribution >= 4 is 0 Å². The van der Waals surface area contributed by atoms with E-state index in [0.717, 1.165) is 37.3 Å². The Morgan fingerprint density at radius 3 is 2.42 bits per heavy atom. The van der Waals surface area contributed by atoms with E-state index in [2.05, 4.69) is 35.6 Å². The molecule has 134 valence electrons.